The number of fused-ring (bicyclic) bond motifs is 3. The van der Waals surface area contributed by atoms with E-state index in [2.05, 4.69) is 16.2 Å². The van der Waals surface area contributed by atoms with Crippen LogP contribution in [0.2, 0.25) is 10.0 Å². The van der Waals surface area contributed by atoms with Crippen molar-refractivity contribution in [2.75, 3.05) is 0 Å². The van der Waals surface area contributed by atoms with Gasteiger partial charge in [0, 0.05) is 35.9 Å². The molecule has 2 aromatic heterocycles. The minimum Gasteiger partial charge on any atom is -0.481 e. The molecule has 0 atom stereocenters. The van der Waals surface area contributed by atoms with Gasteiger partial charge in [0.25, 0.3) is 0 Å². The van der Waals surface area contributed by atoms with Gasteiger partial charge in [0.1, 0.15) is 17.3 Å². The number of carbonyl (C=O) groups is 1. The summed E-state index contributed by atoms with van der Waals surface area (Å²) in [6.45, 7) is 0.399. The lowest BCUT2D eigenvalue weighted by molar-refractivity contribution is -0.137. The van der Waals surface area contributed by atoms with E-state index in [1.165, 1.54) is 6.07 Å². The molecule has 1 aromatic carbocycles. The summed E-state index contributed by atoms with van der Waals surface area (Å²) < 4.78 is 27.0. The zero-order valence-corrected chi connectivity index (χ0v) is 23.6. The summed E-state index contributed by atoms with van der Waals surface area (Å²) in [5.74, 6) is -0.0396. The number of carboxylic acids is 1. The predicted octanol–water partition coefficient (Wildman–Crippen LogP) is 8.40. The molecule has 0 amide bonds. The van der Waals surface area contributed by atoms with Gasteiger partial charge >= 0.3 is 5.97 Å². The molecular formula is C31H31Cl2FN2O4. The first kappa shape index (κ1) is 27.4. The molecule has 9 heteroatoms. The summed E-state index contributed by atoms with van der Waals surface area (Å²) in [4.78, 5) is 14.9. The smallest absolute Gasteiger partial charge is 0.303 e. The molecule has 1 N–H and O–H groups in total. The molecule has 0 unspecified atom stereocenters. The molecule has 4 fully saturated rings. The summed E-state index contributed by atoms with van der Waals surface area (Å²) in [7, 11) is 0. The highest BCUT2D eigenvalue weighted by Crippen LogP contribution is 2.55. The summed E-state index contributed by atoms with van der Waals surface area (Å²) in [5.41, 5.74) is 3.34. The second-order valence-corrected chi connectivity index (χ2v) is 12.4. The van der Waals surface area contributed by atoms with E-state index in [0.717, 1.165) is 68.3 Å². The van der Waals surface area contributed by atoms with Gasteiger partial charge in [-0.15, -0.1) is 0 Å². The average molecular weight is 586 g/mol. The first-order valence-corrected chi connectivity index (χ1v) is 14.6. The SMILES string of the molecule is O=C(O)CCc1ccc(C=CC23CCC(OCc4c(-c5c(Cl)cncc5Cl)noc4C4CC4)(CC2)CC3)cc1F. The van der Waals surface area contributed by atoms with Crippen LogP contribution < -0.4 is 0 Å². The number of aryl methyl sites for hydroxylation is 1. The number of allylic oxidation sites excluding steroid dienone is 1. The second-order valence-electron chi connectivity index (χ2n) is 11.5. The van der Waals surface area contributed by atoms with E-state index < -0.39 is 5.97 Å². The molecule has 4 saturated carbocycles. The number of nitrogens with zero attached hydrogens (tertiary/aromatic N) is 2. The van der Waals surface area contributed by atoms with Crippen LogP contribution in [0, 0.1) is 11.2 Å². The molecule has 6 nitrogen and oxygen atoms in total. The van der Waals surface area contributed by atoms with Gasteiger partial charge < -0.3 is 14.4 Å². The number of halogens is 3. The Morgan fingerprint density at radius 1 is 1.12 bits per heavy atom. The number of hydrogen-bond donors (Lipinski definition) is 1. The van der Waals surface area contributed by atoms with Crippen molar-refractivity contribution in [3.63, 3.8) is 0 Å². The van der Waals surface area contributed by atoms with E-state index in [4.69, 9.17) is 37.6 Å². The zero-order valence-electron chi connectivity index (χ0n) is 22.1. The van der Waals surface area contributed by atoms with Gasteiger partial charge in [-0.3, -0.25) is 9.78 Å². The van der Waals surface area contributed by atoms with Crippen molar-refractivity contribution in [2.24, 2.45) is 5.41 Å². The molecule has 0 radical (unpaired) electrons. The lowest BCUT2D eigenvalue weighted by atomic mass is 9.58. The van der Waals surface area contributed by atoms with Gasteiger partial charge in [0.2, 0.25) is 0 Å². The number of aliphatic carboxylic acids is 1. The van der Waals surface area contributed by atoms with Crippen molar-refractivity contribution < 1.29 is 23.6 Å². The van der Waals surface area contributed by atoms with E-state index in [1.54, 1.807) is 18.5 Å². The Kier molecular flexibility index (Phi) is 7.49. The fourth-order valence-electron chi connectivity index (χ4n) is 6.22. The molecular weight excluding hydrogens is 554 g/mol. The van der Waals surface area contributed by atoms with Crippen molar-refractivity contribution in [3.05, 3.63) is 75.0 Å². The molecule has 40 heavy (non-hydrogen) atoms. The molecule has 7 rings (SSSR count). The maximum Gasteiger partial charge on any atom is 0.303 e. The summed E-state index contributed by atoms with van der Waals surface area (Å²) in [6.07, 6.45) is 15.6. The third-order valence-electron chi connectivity index (χ3n) is 8.93. The van der Waals surface area contributed by atoms with Crippen LogP contribution in [0.15, 0.2) is 41.2 Å². The van der Waals surface area contributed by atoms with Crippen molar-refractivity contribution in [1.29, 1.82) is 0 Å². The van der Waals surface area contributed by atoms with Gasteiger partial charge in [-0.25, -0.2) is 4.39 Å². The van der Waals surface area contributed by atoms with Crippen LogP contribution >= 0.6 is 23.2 Å². The maximum absolute atomic E-state index is 14.5. The maximum atomic E-state index is 14.5. The van der Waals surface area contributed by atoms with Gasteiger partial charge in [-0.05, 0) is 80.4 Å². The number of ether oxygens (including phenoxy) is 1. The Morgan fingerprint density at radius 3 is 2.45 bits per heavy atom. The first-order chi connectivity index (χ1) is 19.3. The number of hydrogen-bond acceptors (Lipinski definition) is 5. The lowest BCUT2D eigenvalue weighted by Crippen LogP contribution is -2.46. The van der Waals surface area contributed by atoms with Crippen LogP contribution in [0.25, 0.3) is 17.3 Å². The van der Waals surface area contributed by atoms with Crippen molar-refractivity contribution in [1.82, 2.24) is 10.1 Å². The molecule has 2 bridgehead atoms. The normalized spacial score (nSPS) is 24.2. The standard InChI is InChI=1S/C31H31Cl2FN2O4/c32-23-16-35-17-24(33)27(23)28-22(29(40-36-28)21-3-4-21)18-39-31-12-9-30(10-13-31,11-14-31)8-7-19-1-2-20(25(34)15-19)5-6-26(37)38/h1-2,7-8,15-17,21H,3-6,9-14,18H2,(H,37,38). The molecule has 0 spiro atoms. The van der Waals surface area contributed by atoms with Gasteiger partial charge in [-0.1, -0.05) is 52.6 Å². The second kappa shape index (κ2) is 10.9. The van der Waals surface area contributed by atoms with Crippen molar-refractivity contribution in [3.8, 4) is 11.3 Å². The molecule has 210 valence electrons. The molecule has 0 aliphatic heterocycles. The van der Waals surface area contributed by atoms with E-state index >= 15 is 0 Å². The summed E-state index contributed by atoms with van der Waals surface area (Å²) in [5, 5.41) is 14.1. The monoisotopic (exact) mass is 584 g/mol. The Labute approximate surface area is 242 Å². The van der Waals surface area contributed by atoms with Crippen LogP contribution in [0.4, 0.5) is 4.39 Å². The largest absolute Gasteiger partial charge is 0.481 e. The fraction of sp³-hybridized carbons (Fsp3) is 0.452. The highest BCUT2D eigenvalue weighted by molar-refractivity contribution is 6.38. The topological polar surface area (TPSA) is 85.5 Å². The highest BCUT2D eigenvalue weighted by atomic mass is 35.5. The zero-order chi connectivity index (χ0) is 27.9. The van der Waals surface area contributed by atoms with E-state index in [0.29, 0.717) is 39.4 Å². The van der Waals surface area contributed by atoms with Crippen LogP contribution in [-0.2, 0) is 22.6 Å². The minimum atomic E-state index is -0.926. The Hall–Kier alpha value is -2.74. The molecule has 3 aromatic rings. The number of benzene rings is 1. The van der Waals surface area contributed by atoms with E-state index in [1.807, 2.05) is 12.1 Å². The summed E-state index contributed by atoms with van der Waals surface area (Å²) >= 11 is 12.9. The van der Waals surface area contributed by atoms with E-state index in [9.17, 15) is 9.18 Å². The fourth-order valence-corrected chi connectivity index (χ4v) is 6.76. The highest BCUT2D eigenvalue weighted by Gasteiger charge is 2.48. The molecule has 2 heterocycles. The quantitative estimate of drug-likeness (QED) is 0.257. The van der Waals surface area contributed by atoms with Crippen LogP contribution in [-0.4, -0.2) is 26.8 Å². The number of pyridine rings is 1. The van der Waals surface area contributed by atoms with Gasteiger partial charge in [0.15, 0.2) is 0 Å². The predicted molar refractivity (Wildman–Crippen MR) is 151 cm³/mol. The number of aromatic nitrogens is 2. The minimum absolute atomic E-state index is 0.0788. The van der Waals surface area contributed by atoms with Gasteiger partial charge in [0.05, 0.1) is 22.3 Å². The molecule has 4 aliphatic rings. The first-order valence-electron chi connectivity index (χ1n) is 13.9. The van der Waals surface area contributed by atoms with Crippen molar-refractivity contribution >= 4 is 35.2 Å². The molecule has 4 aliphatic carbocycles. The van der Waals surface area contributed by atoms with Crippen LogP contribution in [0.5, 0.6) is 0 Å². The van der Waals surface area contributed by atoms with Crippen LogP contribution in [0.3, 0.4) is 0 Å². The lowest BCUT2D eigenvalue weighted by Gasteiger charge is -2.52. The Balaban J connectivity index is 1.13. The Bertz CT molecular complexity index is 1420. The third-order valence-corrected chi connectivity index (χ3v) is 9.50. The van der Waals surface area contributed by atoms with Gasteiger partial charge in [-0.2, -0.15) is 0 Å². The molecule has 0 saturated heterocycles. The summed E-state index contributed by atoms with van der Waals surface area (Å²) in [6, 6.07) is 5.05. The number of carboxylic acid groups (broad SMARTS) is 1. The van der Waals surface area contributed by atoms with Crippen molar-refractivity contribution in [2.45, 2.75) is 82.3 Å². The third kappa shape index (κ3) is 5.56. The average Bonchev–Trinajstić information content (AvgIpc) is 3.71. The number of rotatable bonds is 10. The van der Waals surface area contributed by atoms with Crippen LogP contribution in [0.1, 0.15) is 86.2 Å². The van der Waals surface area contributed by atoms with E-state index in [-0.39, 0.29) is 29.7 Å². The Morgan fingerprint density at radius 2 is 1.82 bits per heavy atom.